The Morgan fingerprint density at radius 3 is 2.31 bits per heavy atom. The minimum Gasteiger partial charge on any atom is -0.483 e. The van der Waals surface area contributed by atoms with Gasteiger partial charge in [0.2, 0.25) is 0 Å². The predicted octanol–water partition coefficient (Wildman–Crippen LogP) is 7.12. The van der Waals surface area contributed by atoms with Crippen LogP contribution in [0.15, 0.2) is 93.2 Å². The minimum absolute atomic E-state index is 0.0338. The first-order valence-electron chi connectivity index (χ1n) is 16.6. The van der Waals surface area contributed by atoms with E-state index in [9.17, 15) is 19.5 Å². The molecule has 0 amide bonds. The average Bonchev–Trinajstić information content (AvgIpc) is 3.05. The number of hydrogen-bond acceptors (Lipinski definition) is 8. The number of hydrogen-bond donors (Lipinski definition) is 1. The summed E-state index contributed by atoms with van der Waals surface area (Å²) in [5.74, 6) is -0.684. The van der Waals surface area contributed by atoms with Crippen molar-refractivity contribution in [1.29, 1.82) is 0 Å². The van der Waals surface area contributed by atoms with Crippen molar-refractivity contribution in [3.8, 4) is 5.75 Å². The highest BCUT2D eigenvalue weighted by molar-refractivity contribution is 5.90. The van der Waals surface area contributed by atoms with Crippen LogP contribution < -0.4 is 10.4 Å². The molecule has 0 fully saturated rings. The smallest absolute Gasteiger partial charge is 0.336 e. The highest BCUT2D eigenvalue weighted by Gasteiger charge is 2.50. The first-order valence-corrected chi connectivity index (χ1v) is 16.6. The summed E-state index contributed by atoms with van der Waals surface area (Å²) >= 11 is 0. The number of esters is 2. The SMILES string of the molecule is CC(C)=C1CCc2ccc(cc2)C[C@H](CCc2ccccc2)CC(=O)O[C@@H]2c3c(ccc4c(CO)cc(=O)oc34)OC(C)(C)[C@H]2OC1=O. The second-order valence-electron chi connectivity index (χ2n) is 13.6. The molecule has 0 saturated heterocycles. The number of ether oxygens (including phenoxy) is 3. The third-order valence-corrected chi connectivity index (χ3v) is 9.48. The molecule has 7 rings (SSSR count). The quantitative estimate of drug-likeness (QED) is 0.141. The highest BCUT2D eigenvalue weighted by atomic mass is 16.6. The molecule has 1 aromatic heterocycles. The van der Waals surface area contributed by atoms with E-state index in [-0.39, 0.29) is 17.9 Å². The maximum absolute atomic E-state index is 14.1. The molecule has 250 valence electrons. The van der Waals surface area contributed by atoms with Crippen molar-refractivity contribution in [1.82, 2.24) is 0 Å². The molecule has 8 nitrogen and oxygen atoms in total. The number of carbonyl (C=O) groups is 2. The van der Waals surface area contributed by atoms with Crippen LogP contribution >= 0.6 is 0 Å². The van der Waals surface area contributed by atoms with E-state index in [0.717, 1.165) is 29.5 Å². The molecule has 4 aromatic rings. The Morgan fingerprint density at radius 1 is 0.875 bits per heavy atom. The van der Waals surface area contributed by atoms with Crippen LogP contribution in [0.5, 0.6) is 5.75 Å². The Hall–Kier alpha value is -4.69. The van der Waals surface area contributed by atoms with E-state index in [1.807, 2.05) is 32.0 Å². The Morgan fingerprint density at radius 2 is 1.60 bits per heavy atom. The van der Waals surface area contributed by atoms with Gasteiger partial charge in [0.25, 0.3) is 0 Å². The fourth-order valence-corrected chi connectivity index (χ4v) is 6.87. The van der Waals surface area contributed by atoms with Crippen LogP contribution in [0.1, 0.15) is 80.9 Å². The van der Waals surface area contributed by atoms with Crippen LogP contribution in [0.2, 0.25) is 0 Å². The summed E-state index contributed by atoms with van der Waals surface area (Å²) in [5, 5.41) is 10.5. The van der Waals surface area contributed by atoms with Gasteiger partial charge in [-0.2, -0.15) is 0 Å². The molecule has 0 unspecified atom stereocenters. The van der Waals surface area contributed by atoms with Gasteiger partial charge in [-0.25, -0.2) is 9.59 Å². The number of allylic oxidation sites excluding steroid dienone is 1. The van der Waals surface area contributed by atoms with E-state index >= 15 is 0 Å². The van der Waals surface area contributed by atoms with Crippen molar-refractivity contribution >= 4 is 22.9 Å². The summed E-state index contributed by atoms with van der Waals surface area (Å²) in [7, 11) is 0. The fourth-order valence-electron chi connectivity index (χ4n) is 6.87. The summed E-state index contributed by atoms with van der Waals surface area (Å²) in [4.78, 5) is 40.7. The lowest BCUT2D eigenvalue weighted by Gasteiger charge is -2.43. The van der Waals surface area contributed by atoms with E-state index in [2.05, 4.69) is 36.4 Å². The number of aliphatic hydroxyl groups excluding tert-OH is 1. The summed E-state index contributed by atoms with van der Waals surface area (Å²) < 4.78 is 24.8. The van der Waals surface area contributed by atoms with Crippen molar-refractivity contribution in [3.05, 3.63) is 122 Å². The van der Waals surface area contributed by atoms with E-state index in [0.29, 0.717) is 47.1 Å². The van der Waals surface area contributed by atoms with Gasteiger partial charge < -0.3 is 23.7 Å². The van der Waals surface area contributed by atoms with E-state index < -0.39 is 42.0 Å². The molecule has 2 bridgehead atoms. The van der Waals surface area contributed by atoms with Gasteiger partial charge in [0.15, 0.2) is 12.2 Å². The number of benzene rings is 3. The van der Waals surface area contributed by atoms with Crippen LogP contribution in [0.3, 0.4) is 0 Å². The lowest BCUT2D eigenvalue weighted by Crippen LogP contribution is -2.52. The van der Waals surface area contributed by atoms with Crippen LogP contribution in [-0.2, 0) is 44.9 Å². The van der Waals surface area contributed by atoms with Crippen molar-refractivity contribution < 1.29 is 33.3 Å². The Balaban J connectivity index is 1.45. The molecular weight excluding hydrogens is 608 g/mol. The molecule has 3 atom stereocenters. The molecule has 3 aromatic carbocycles. The van der Waals surface area contributed by atoms with Crippen LogP contribution in [0.25, 0.3) is 11.0 Å². The monoisotopic (exact) mass is 650 g/mol. The maximum atomic E-state index is 14.1. The molecule has 1 N–H and O–H groups in total. The molecule has 3 aliphatic rings. The van der Waals surface area contributed by atoms with Crippen LogP contribution in [0.4, 0.5) is 0 Å². The van der Waals surface area contributed by atoms with Gasteiger partial charge in [-0.1, -0.05) is 60.2 Å². The fraction of sp³-hybridized carbons (Fsp3) is 0.375. The van der Waals surface area contributed by atoms with Crippen molar-refractivity contribution in [3.63, 3.8) is 0 Å². The zero-order valence-corrected chi connectivity index (χ0v) is 27.9. The van der Waals surface area contributed by atoms with Gasteiger partial charge in [-0.15, -0.1) is 0 Å². The zero-order valence-electron chi connectivity index (χ0n) is 27.9. The number of aryl methyl sites for hydroxylation is 2. The molecule has 4 heterocycles. The summed E-state index contributed by atoms with van der Waals surface area (Å²) in [6, 6.07) is 23.2. The highest BCUT2D eigenvalue weighted by Crippen LogP contribution is 2.47. The third-order valence-electron chi connectivity index (χ3n) is 9.48. The molecule has 0 radical (unpaired) electrons. The van der Waals surface area contributed by atoms with Crippen molar-refractivity contribution in [2.45, 2.75) is 90.6 Å². The van der Waals surface area contributed by atoms with E-state index in [1.165, 1.54) is 11.6 Å². The summed E-state index contributed by atoms with van der Waals surface area (Å²) in [5.41, 5.74) is 3.75. The van der Waals surface area contributed by atoms with Crippen molar-refractivity contribution in [2.24, 2.45) is 5.92 Å². The molecular formula is C40H42O8. The van der Waals surface area contributed by atoms with Gasteiger partial charge in [0.05, 0.1) is 12.2 Å². The molecule has 48 heavy (non-hydrogen) atoms. The maximum Gasteiger partial charge on any atom is 0.336 e. The Kier molecular flexibility index (Phi) is 9.56. The lowest BCUT2D eigenvalue weighted by molar-refractivity contribution is -0.188. The first kappa shape index (κ1) is 33.2. The average molecular weight is 651 g/mol. The predicted molar refractivity (Wildman–Crippen MR) is 182 cm³/mol. The Bertz CT molecular complexity index is 1900. The van der Waals surface area contributed by atoms with Gasteiger partial charge >= 0.3 is 17.6 Å². The summed E-state index contributed by atoms with van der Waals surface area (Å²) in [6.45, 7) is 6.92. The van der Waals surface area contributed by atoms with E-state index in [4.69, 9.17) is 18.6 Å². The first-order chi connectivity index (χ1) is 23.0. The van der Waals surface area contributed by atoms with Crippen LogP contribution in [0, 0.1) is 5.92 Å². The standard InChI is InChI=1S/C40H42O8/c1-24(2)30-17-16-26-10-13-27(14-11-26)20-28(15-12-25-8-6-5-7-9-25)21-33(42)46-37-35-32(48-40(3,4)38(37)47-39(30)44)19-18-31-29(23-41)22-34(43)45-36(31)35/h5-11,13-14,18-19,22,28,37-38,41H,12,15-17,20-21,23H2,1-4H3/t28-,37+,38-/m0/s1. The molecule has 0 saturated carbocycles. The third kappa shape index (κ3) is 7.09. The number of carbonyl (C=O) groups excluding carboxylic acids is 2. The van der Waals surface area contributed by atoms with Gasteiger partial charge in [-0.05, 0) is 100 Å². The topological polar surface area (TPSA) is 112 Å². The summed E-state index contributed by atoms with van der Waals surface area (Å²) in [6.07, 6.45) is 1.25. The normalized spacial score (nSPS) is 21.1. The largest absolute Gasteiger partial charge is 0.483 e. The van der Waals surface area contributed by atoms with Gasteiger partial charge in [0, 0.05) is 23.4 Å². The van der Waals surface area contributed by atoms with E-state index in [1.54, 1.807) is 26.0 Å². The lowest BCUT2D eigenvalue weighted by atomic mass is 9.86. The van der Waals surface area contributed by atoms with Gasteiger partial charge in [0.1, 0.15) is 16.9 Å². The Labute approximate surface area is 280 Å². The second-order valence-corrected chi connectivity index (χ2v) is 13.6. The number of rotatable bonds is 4. The molecule has 8 heteroatoms. The molecule has 3 aliphatic heterocycles. The second kappa shape index (κ2) is 13.8. The van der Waals surface area contributed by atoms with Gasteiger partial charge in [-0.3, -0.25) is 4.79 Å². The number of aliphatic hydroxyl groups is 1. The van der Waals surface area contributed by atoms with Crippen molar-refractivity contribution in [2.75, 3.05) is 0 Å². The van der Waals surface area contributed by atoms with Crippen LogP contribution in [-0.4, -0.2) is 28.8 Å². The zero-order chi connectivity index (χ0) is 34.0. The molecule has 0 spiro atoms. The number of fused-ring (bicyclic) bond motifs is 13. The minimum atomic E-state index is -1.15. The molecule has 0 aliphatic carbocycles.